The minimum Gasteiger partial charge on any atom is -0.477 e. The van der Waals surface area contributed by atoms with Gasteiger partial charge in [-0.25, -0.2) is 14.8 Å². The van der Waals surface area contributed by atoms with Gasteiger partial charge in [-0.05, 0) is 25.9 Å². The number of hydrogen-bond acceptors (Lipinski definition) is 5. The van der Waals surface area contributed by atoms with Gasteiger partial charge in [0.2, 0.25) is 0 Å². The molecule has 0 radical (unpaired) electrons. The van der Waals surface area contributed by atoms with Crippen LogP contribution in [0.25, 0.3) is 0 Å². The van der Waals surface area contributed by atoms with Gasteiger partial charge in [-0.2, -0.15) is 0 Å². The van der Waals surface area contributed by atoms with E-state index in [1.165, 1.54) is 31.7 Å². The van der Waals surface area contributed by atoms with Gasteiger partial charge < -0.3 is 15.7 Å². The summed E-state index contributed by atoms with van der Waals surface area (Å²) in [5.74, 6) is -0.485. The third-order valence-electron chi connectivity index (χ3n) is 2.68. The van der Waals surface area contributed by atoms with E-state index in [9.17, 15) is 4.79 Å². The maximum atomic E-state index is 10.7. The molecule has 0 aliphatic rings. The van der Waals surface area contributed by atoms with E-state index in [0.29, 0.717) is 5.82 Å². The molecule has 1 rings (SSSR count). The second-order valence-corrected chi connectivity index (χ2v) is 4.33. The summed E-state index contributed by atoms with van der Waals surface area (Å²) in [6, 6.07) is 1.44. The van der Waals surface area contributed by atoms with Crippen molar-refractivity contribution >= 4 is 11.8 Å². The molecule has 1 heterocycles. The highest BCUT2D eigenvalue weighted by atomic mass is 16.4. The molecule has 6 heteroatoms. The summed E-state index contributed by atoms with van der Waals surface area (Å²) in [6.45, 7) is 4.96. The van der Waals surface area contributed by atoms with Crippen molar-refractivity contribution < 1.29 is 9.90 Å². The molecule has 106 valence electrons. The number of aromatic nitrogens is 2. The van der Waals surface area contributed by atoms with Crippen LogP contribution in [0.2, 0.25) is 0 Å². The molecule has 1 aromatic rings. The Labute approximate surface area is 113 Å². The molecule has 0 saturated heterocycles. The van der Waals surface area contributed by atoms with Crippen LogP contribution in [0, 0.1) is 0 Å². The average Bonchev–Trinajstić information content (AvgIpc) is 2.42. The summed E-state index contributed by atoms with van der Waals surface area (Å²) in [6.07, 6.45) is 5.96. The van der Waals surface area contributed by atoms with Crippen LogP contribution in [-0.2, 0) is 0 Å². The van der Waals surface area contributed by atoms with Crippen molar-refractivity contribution in [3.8, 4) is 0 Å². The van der Waals surface area contributed by atoms with E-state index in [1.807, 2.05) is 0 Å². The van der Waals surface area contributed by atoms with Crippen LogP contribution in [0.5, 0.6) is 0 Å². The van der Waals surface area contributed by atoms with Crippen LogP contribution in [0.15, 0.2) is 12.4 Å². The van der Waals surface area contributed by atoms with E-state index >= 15 is 0 Å². The average molecular weight is 266 g/mol. The van der Waals surface area contributed by atoms with Crippen LogP contribution in [0.1, 0.15) is 43.1 Å². The normalized spacial score (nSPS) is 10.4. The molecule has 0 spiro atoms. The van der Waals surface area contributed by atoms with Gasteiger partial charge in [0.1, 0.15) is 12.1 Å². The van der Waals surface area contributed by atoms with Crippen molar-refractivity contribution in [2.24, 2.45) is 0 Å². The molecule has 0 aromatic carbocycles. The molecule has 0 bridgehead atoms. The number of nitrogens with one attached hydrogen (secondary N) is 2. The number of carboxylic acid groups (broad SMARTS) is 1. The molecule has 0 unspecified atom stereocenters. The first kappa shape index (κ1) is 15.4. The molecule has 0 aliphatic heterocycles. The van der Waals surface area contributed by atoms with E-state index in [0.717, 1.165) is 26.1 Å². The SMILES string of the molecule is CCCCCNCCCNc1cc(C(=O)O)ncn1. The highest BCUT2D eigenvalue weighted by Crippen LogP contribution is 2.03. The quantitative estimate of drug-likeness (QED) is 0.559. The van der Waals surface area contributed by atoms with Crippen LogP contribution in [-0.4, -0.2) is 40.7 Å². The fraction of sp³-hybridized carbons (Fsp3) is 0.615. The van der Waals surface area contributed by atoms with Gasteiger partial charge in [0, 0.05) is 12.6 Å². The monoisotopic (exact) mass is 266 g/mol. The summed E-state index contributed by atoms with van der Waals surface area (Å²) < 4.78 is 0. The lowest BCUT2D eigenvalue weighted by Crippen LogP contribution is -2.19. The van der Waals surface area contributed by atoms with Gasteiger partial charge in [0.25, 0.3) is 0 Å². The molecule has 19 heavy (non-hydrogen) atoms. The molecule has 0 saturated carbocycles. The zero-order valence-electron chi connectivity index (χ0n) is 11.4. The second kappa shape index (κ2) is 9.27. The largest absolute Gasteiger partial charge is 0.477 e. The zero-order chi connectivity index (χ0) is 13.9. The van der Waals surface area contributed by atoms with Crippen LogP contribution in [0.4, 0.5) is 5.82 Å². The Balaban J connectivity index is 2.12. The smallest absolute Gasteiger partial charge is 0.354 e. The van der Waals surface area contributed by atoms with Crippen molar-refractivity contribution in [1.82, 2.24) is 15.3 Å². The first-order chi connectivity index (χ1) is 9.24. The van der Waals surface area contributed by atoms with Gasteiger partial charge in [0.15, 0.2) is 5.69 Å². The first-order valence-corrected chi connectivity index (χ1v) is 6.74. The molecule has 0 atom stereocenters. The third kappa shape index (κ3) is 6.71. The number of carboxylic acids is 1. The van der Waals surface area contributed by atoms with Gasteiger partial charge in [-0.15, -0.1) is 0 Å². The summed E-state index contributed by atoms with van der Waals surface area (Å²) in [4.78, 5) is 18.4. The summed E-state index contributed by atoms with van der Waals surface area (Å²) >= 11 is 0. The molecule has 0 aliphatic carbocycles. The Kier molecular flexibility index (Phi) is 7.50. The van der Waals surface area contributed by atoms with E-state index in [-0.39, 0.29) is 5.69 Å². The van der Waals surface area contributed by atoms with Gasteiger partial charge in [0.05, 0.1) is 0 Å². The lowest BCUT2D eigenvalue weighted by Gasteiger charge is -2.06. The molecule has 3 N–H and O–H groups in total. The zero-order valence-corrected chi connectivity index (χ0v) is 11.4. The number of anilines is 1. The van der Waals surface area contributed by atoms with E-state index < -0.39 is 5.97 Å². The Hall–Kier alpha value is -1.69. The van der Waals surface area contributed by atoms with Gasteiger partial charge in [-0.3, -0.25) is 0 Å². The fourth-order valence-electron chi connectivity index (χ4n) is 1.63. The van der Waals surface area contributed by atoms with Gasteiger partial charge in [-0.1, -0.05) is 19.8 Å². The Morgan fingerprint density at radius 2 is 2.00 bits per heavy atom. The number of aromatic carboxylic acids is 1. The minimum atomic E-state index is -1.04. The molecule has 0 amide bonds. The predicted octanol–water partition coefficient (Wildman–Crippen LogP) is 1.76. The van der Waals surface area contributed by atoms with Crippen molar-refractivity contribution in [2.75, 3.05) is 25.0 Å². The Morgan fingerprint density at radius 1 is 1.21 bits per heavy atom. The summed E-state index contributed by atoms with van der Waals surface area (Å²) in [5, 5.41) is 15.3. The van der Waals surface area contributed by atoms with E-state index in [2.05, 4.69) is 27.5 Å². The molecular formula is C13H22N4O2. The van der Waals surface area contributed by atoms with Crippen molar-refractivity contribution in [3.05, 3.63) is 18.1 Å². The highest BCUT2D eigenvalue weighted by Gasteiger charge is 2.05. The van der Waals surface area contributed by atoms with Crippen LogP contribution < -0.4 is 10.6 Å². The number of carbonyl (C=O) groups is 1. The van der Waals surface area contributed by atoms with E-state index in [1.54, 1.807) is 0 Å². The first-order valence-electron chi connectivity index (χ1n) is 6.74. The Bertz CT molecular complexity index is 385. The minimum absolute atomic E-state index is 0.00944. The molecular weight excluding hydrogens is 244 g/mol. The Morgan fingerprint density at radius 3 is 2.74 bits per heavy atom. The van der Waals surface area contributed by atoms with Crippen LogP contribution >= 0.6 is 0 Å². The third-order valence-corrected chi connectivity index (χ3v) is 2.68. The summed E-state index contributed by atoms with van der Waals surface area (Å²) in [7, 11) is 0. The van der Waals surface area contributed by atoms with Gasteiger partial charge >= 0.3 is 5.97 Å². The standard InChI is InChI=1S/C13H22N4O2/c1-2-3-4-6-14-7-5-8-15-12-9-11(13(18)19)16-10-17-12/h9-10,14H,2-8H2,1H3,(H,18,19)(H,15,16,17). The fourth-order valence-corrected chi connectivity index (χ4v) is 1.63. The topological polar surface area (TPSA) is 87.1 Å². The lowest BCUT2D eigenvalue weighted by atomic mass is 10.2. The second-order valence-electron chi connectivity index (χ2n) is 4.33. The number of unbranched alkanes of at least 4 members (excludes halogenated alkanes) is 2. The maximum Gasteiger partial charge on any atom is 0.354 e. The predicted molar refractivity (Wildman–Crippen MR) is 74.5 cm³/mol. The van der Waals surface area contributed by atoms with Crippen molar-refractivity contribution in [1.29, 1.82) is 0 Å². The maximum absolute atomic E-state index is 10.7. The number of hydrogen-bond donors (Lipinski definition) is 3. The summed E-state index contributed by atoms with van der Waals surface area (Å²) in [5.41, 5.74) is 0.00944. The van der Waals surface area contributed by atoms with E-state index in [4.69, 9.17) is 5.11 Å². The number of nitrogens with zero attached hydrogens (tertiary/aromatic N) is 2. The molecule has 1 aromatic heterocycles. The molecule has 6 nitrogen and oxygen atoms in total. The van der Waals surface area contributed by atoms with Crippen LogP contribution in [0.3, 0.4) is 0 Å². The van der Waals surface area contributed by atoms with Crippen molar-refractivity contribution in [2.45, 2.75) is 32.6 Å². The number of rotatable bonds is 10. The highest BCUT2D eigenvalue weighted by molar-refractivity contribution is 5.85. The molecule has 0 fully saturated rings. The lowest BCUT2D eigenvalue weighted by molar-refractivity contribution is 0.0690. The van der Waals surface area contributed by atoms with Crippen molar-refractivity contribution in [3.63, 3.8) is 0 Å².